The molecular weight excluding hydrogens is 300 g/mol. The van der Waals surface area contributed by atoms with Crippen LogP contribution in [0.25, 0.3) is 16.8 Å². The van der Waals surface area contributed by atoms with E-state index in [1.807, 2.05) is 60.7 Å². The number of nitrogens with one attached hydrogen (secondary N) is 1. The highest BCUT2D eigenvalue weighted by Crippen LogP contribution is 2.20. The van der Waals surface area contributed by atoms with Gasteiger partial charge in [-0.1, -0.05) is 42.5 Å². The van der Waals surface area contributed by atoms with Crippen molar-refractivity contribution in [1.82, 2.24) is 10.3 Å². The Balaban J connectivity index is 1.58. The molecule has 0 bridgehead atoms. The summed E-state index contributed by atoms with van der Waals surface area (Å²) in [6.45, 7) is 0.156. The average molecular weight is 318 g/mol. The van der Waals surface area contributed by atoms with E-state index in [0.717, 1.165) is 16.3 Å². The monoisotopic (exact) mass is 318 g/mol. The van der Waals surface area contributed by atoms with Gasteiger partial charge >= 0.3 is 0 Å². The topological polar surface area (TPSA) is 62.2 Å². The van der Waals surface area contributed by atoms with Crippen LogP contribution in [0.5, 0.6) is 0 Å². The maximum absolute atomic E-state index is 11.8. The molecule has 0 aliphatic carbocycles. The molecule has 2 N–H and O–H groups in total. The molecule has 0 spiro atoms. The number of amides is 1. The Morgan fingerprint density at radius 1 is 1.08 bits per heavy atom. The summed E-state index contributed by atoms with van der Waals surface area (Å²) in [5.74, 6) is -0.263. The van der Waals surface area contributed by atoms with E-state index in [4.69, 9.17) is 0 Å². The third-order valence-corrected chi connectivity index (χ3v) is 3.72. The average Bonchev–Trinajstić information content (AvgIpc) is 2.65. The summed E-state index contributed by atoms with van der Waals surface area (Å²) in [6.07, 6.45) is 3.97. The largest absolute Gasteiger partial charge is 0.387 e. The molecule has 1 aromatic heterocycles. The van der Waals surface area contributed by atoms with E-state index in [9.17, 15) is 9.90 Å². The minimum absolute atomic E-state index is 0.156. The summed E-state index contributed by atoms with van der Waals surface area (Å²) in [7, 11) is 0. The van der Waals surface area contributed by atoms with Gasteiger partial charge in [0.1, 0.15) is 0 Å². The molecule has 0 aliphatic rings. The van der Waals surface area contributed by atoms with E-state index in [0.29, 0.717) is 5.69 Å². The first-order valence-corrected chi connectivity index (χ1v) is 7.76. The minimum atomic E-state index is -0.748. The number of hydrogen-bond acceptors (Lipinski definition) is 3. The van der Waals surface area contributed by atoms with E-state index >= 15 is 0 Å². The molecule has 1 atom stereocenters. The second kappa shape index (κ2) is 7.53. The second-order valence-corrected chi connectivity index (χ2v) is 5.46. The van der Waals surface area contributed by atoms with Crippen molar-refractivity contribution in [2.75, 3.05) is 6.54 Å². The fraction of sp³-hybridized carbons (Fsp3) is 0.100. The molecule has 24 heavy (non-hydrogen) atoms. The summed E-state index contributed by atoms with van der Waals surface area (Å²) in [4.78, 5) is 15.9. The van der Waals surface area contributed by atoms with Crippen LogP contribution in [0.2, 0.25) is 0 Å². The first-order valence-electron chi connectivity index (χ1n) is 7.76. The number of pyridine rings is 1. The van der Waals surface area contributed by atoms with Crippen molar-refractivity contribution >= 4 is 22.8 Å². The summed E-state index contributed by atoms with van der Waals surface area (Å²) in [5.41, 5.74) is 1.49. The van der Waals surface area contributed by atoms with Gasteiger partial charge in [-0.25, -0.2) is 0 Å². The summed E-state index contributed by atoms with van der Waals surface area (Å²) in [5, 5.41) is 15.1. The van der Waals surface area contributed by atoms with Crippen LogP contribution in [0, 0.1) is 0 Å². The first-order chi connectivity index (χ1) is 11.7. The lowest BCUT2D eigenvalue weighted by Crippen LogP contribution is -2.26. The number of carbonyl (C=O) groups is 1. The molecular formula is C20H18N2O2. The second-order valence-electron chi connectivity index (χ2n) is 5.46. The number of aliphatic hydroxyl groups excluding tert-OH is 1. The minimum Gasteiger partial charge on any atom is -0.387 e. The molecule has 0 aliphatic heterocycles. The lowest BCUT2D eigenvalue weighted by molar-refractivity contribution is -0.116. The van der Waals surface area contributed by atoms with Gasteiger partial charge in [0, 0.05) is 18.8 Å². The normalized spacial score (nSPS) is 12.4. The van der Waals surface area contributed by atoms with Crippen LogP contribution in [0.4, 0.5) is 0 Å². The van der Waals surface area contributed by atoms with Gasteiger partial charge in [0.2, 0.25) is 5.91 Å². The number of aliphatic hydroxyl groups is 1. The molecule has 3 rings (SSSR count). The SMILES string of the molecule is O=C(/C=C/c1ccccn1)NCC(O)c1ccc2ccccc2c1. The number of fused-ring (bicyclic) bond motifs is 1. The van der Waals surface area contributed by atoms with Crippen LogP contribution in [0.15, 0.2) is 72.9 Å². The van der Waals surface area contributed by atoms with Crippen LogP contribution in [0.1, 0.15) is 17.4 Å². The molecule has 0 saturated carbocycles. The van der Waals surface area contributed by atoms with Crippen molar-refractivity contribution < 1.29 is 9.90 Å². The quantitative estimate of drug-likeness (QED) is 0.711. The number of carbonyl (C=O) groups excluding carboxylic acids is 1. The zero-order chi connectivity index (χ0) is 16.8. The number of hydrogen-bond donors (Lipinski definition) is 2. The molecule has 3 aromatic rings. The highest BCUT2D eigenvalue weighted by molar-refractivity contribution is 5.91. The van der Waals surface area contributed by atoms with Crippen LogP contribution < -0.4 is 5.32 Å². The Bertz CT molecular complexity index is 860. The lowest BCUT2D eigenvalue weighted by atomic mass is 10.0. The third kappa shape index (κ3) is 4.06. The van der Waals surface area contributed by atoms with E-state index in [1.54, 1.807) is 12.3 Å². The summed E-state index contributed by atoms with van der Waals surface area (Å²) >= 11 is 0. The standard InChI is InChI=1S/C20H18N2O2/c23-19(17-9-8-15-5-1-2-6-16(15)13-17)14-22-20(24)11-10-18-7-3-4-12-21-18/h1-13,19,23H,14H2,(H,22,24)/b11-10+. The molecule has 120 valence electrons. The van der Waals surface area contributed by atoms with Gasteiger partial charge in [-0.2, -0.15) is 0 Å². The zero-order valence-corrected chi connectivity index (χ0v) is 13.1. The Labute approximate surface area is 140 Å². The van der Waals surface area contributed by atoms with Gasteiger partial charge in [-0.15, -0.1) is 0 Å². The number of benzene rings is 2. The molecule has 1 unspecified atom stereocenters. The molecule has 1 amide bonds. The maximum atomic E-state index is 11.8. The predicted molar refractivity (Wildman–Crippen MR) is 95.2 cm³/mol. The van der Waals surface area contributed by atoms with Gasteiger partial charge in [0.25, 0.3) is 0 Å². The molecule has 4 nitrogen and oxygen atoms in total. The lowest BCUT2D eigenvalue weighted by Gasteiger charge is -2.12. The van der Waals surface area contributed by atoms with Crippen LogP contribution in [-0.4, -0.2) is 22.5 Å². The van der Waals surface area contributed by atoms with Gasteiger partial charge in [0.05, 0.1) is 11.8 Å². The van der Waals surface area contributed by atoms with Crippen molar-refractivity contribution in [3.63, 3.8) is 0 Å². The molecule has 1 heterocycles. The Kier molecular flexibility index (Phi) is 4.99. The smallest absolute Gasteiger partial charge is 0.244 e. The Hall–Kier alpha value is -2.98. The predicted octanol–water partition coefficient (Wildman–Crippen LogP) is 3.10. The van der Waals surface area contributed by atoms with Crippen LogP contribution in [-0.2, 0) is 4.79 Å². The van der Waals surface area contributed by atoms with Crippen LogP contribution in [0.3, 0.4) is 0 Å². The van der Waals surface area contributed by atoms with E-state index < -0.39 is 6.10 Å². The van der Waals surface area contributed by atoms with Gasteiger partial charge in [-0.05, 0) is 40.6 Å². The van der Waals surface area contributed by atoms with Crippen molar-refractivity contribution in [1.29, 1.82) is 0 Å². The van der Waals surface area contributed by atoms with Crippen molar-refractivity contribution in [2.24, 2.45) is 0 Å². The molecule has 0 fully saturated rings. The summed E-state index contributed by atoms with van der Waals surface area (Å²) < 4.78 is 0. The molecule has 2 aromatic carbocycles. The van der Waals surface area contributed by atoms with Gasteiger partial charge in [0.15, 0.2) is 0 Å². The molecule has 0 saturated heterocycles. The van der Waals surface area contributed by atoms with E-state index in [-0.39, 0.29) is 12.5 Å². The highest BCUT2D eigenvalue weighted by atomic mass is 16.3. The summed E-state index contributed by atoms with van der Waals surface area (Å²) in [6, 6.07) is 19.2. The molecule has 0 radical (unpaired) electrons. The van der Waals surface area contributed by atoms with E-state index in [1.165, 1.54) is 6.08 Å². The number of nitrogens with zero attached hydrogens (tertiary/aromatic N) is 1. The van der Waals surface area contributed by atoms with Crippen molar-refractivity contribution in [3.05, 3.63) is 84.2 Å². The zero-order valence-electron chi connectivity index (χ0n) is 13.1. The maximum Gasteiger partial charge on any atom is 0.244 e. The van der Waals surface area contributed by atoms with E-state index in [2.05, 4.69) is 10.3 Å². The van der Waals surface area contributed by atoms with Crippen LogP contribution >= 0.6 is 0 Å². The van der Waals surface area contributed by atoms with Crippen molar-refractivity contribution in [3.8, 4) is 0 Å². The first kappa shape index (κ1) is 15.9. The fourth-order valence-corrected chi connectivity index (χ4v) is 2.42. The van der Waals surface area contributed by atoms with Gasteiger partial charge < -0.3 is 10.4 Å². The third-order valence-electron chi connectivity index (χ3n) is 3.72. The number of rotatable bonds is 5. The highest BCUT2D eigenvalue weighted by Gasteiger charge is 2.09. The fourth-order valence-electron chi connectivity index (χ4n) is 2.42. The van der Waals surface area contributed by atoms with Crippen molar-refractivity contribution in [2.45, 2.75) is 6.10 Å². The van der Waals surface area contributed by atoms with Gasteiger partial charge in [-0.3, -0.25) is 9.78 Å². The Morgan fingerprint density at radius 3 is 2.67 bits per heavy atom. The Morgan fingerprint density at radius 2 is 1.88 bits per heavy atom. The number of aromatic nitrogens is 1. The molecule has 4 heteroatoms.